The molecule has 6 heteroatoms. The fraction of sp³-hybridized carbons (Fsp3) is 0.846. The van der Waals surface area contributed by atoms with Crippen molar-refractivity contribution in [1.82, 2.24) is 10.2 Å². The van der Waals surface area contributed by atoms with Gasteiger partial charge in [-0.25, -0.2) is 0 Å². The number of piperidine rings is 1. The molecule has 6 nitrogen and oxygen atoms in total. The van der Waals surface area contributed by atoms with Gasteiger partial charge in [-0.05, 0) is 19.8 Å². The van der Waals surface area contributed by atoms with Crippen molar-refractivity contribution in [2.45, 2.75) is 38.8 Å². The Morgan fingerprint density at radius 3 is 2.42 bits per heavy atom. The van der Waals surface area contributed by atoms with Crippen LogP contribution < -0.4 is 11.1 Å². The average molecular weight is 271 g/mol. The highest BCUT2D eigenvalue weighted by atomic mass is 16.5. The molecule has 3 N–H and O–H groups in total. The topological polar surface area (TPSA) is 84.7 Å². The van der Waals surface area contributed by atoms with Crippen LogP contribution in [0.3, 0.4) is 0 Å². The van der Waals surface area contributed by atoms with Crippen molar-refractivity contribution in [2.75, 3.05) is 26.8 Å². The number of carbonyl (C=O) groups excluding carboxylic acids is 2. The number of nitrogens with one attached hydrogen (secondary N) is 1. The van der Waals surface area contributed by atoms with Gasteiger partial charge in [-0.3, -0.25) is 9.59 Å². The number of nitrogens with zero attached hydrogens (tertiary/aromatic N) is 1. The average Bonchev–Trinajstić information content (AvgIpc) is 2.38. The van der Waals surface area contributed by atoms with E-state index in [4.69, 9.17) is 10.5 Å². The Bertz CT molecular complexity index is 312. The molecule has 0 saturated carbocycles. The van der Waals surface area contributed by atoms with Crippen molar-refractivity contribution in [3.8, 4) is 0 Å². The lowest BCUT2D eigenvalue weighted by atomic mass is 9.99. The van der Waals surface area contributed by atoms with Gasteiger partial charge in [-0.1, -0.05) is 6.92 Å². The number of hydrogen-bond acceptors (Lipinski definition) is 4. The maximum atomic E-state index is 12.1. The number of rotatable bonds is 5. The van der Waals surface area contributed by atoms with Crippen molar-refractivity contribution >= 4 is 11.8 Å². The minimum atomic E-state index is -0.153. The van der Waals surface area contributed by atoms with Crippen LogP contribution in [0.5, 0.6) is 0 Å². The minimum absolute atomic E-state index is 0.0842. The van der Waals surface area contributed by atoms with Gasteiger partial charge in [0, 0.05) is 32.3 Å². The van der Waals surface area contributed by atoms with Gasteiger partial charge in [-0.15, -0.1) is 0 Å². The molecule has 0 aromatic rings. The van der Waals surface area contributed by atoms with E-state index in [0.29, 0.717) is 13.1 Å². The van der Waals surface area contributed by atoms with Crippen LogP contribution in [-0.2, 0) is 14.3 Å². The molecule has 1 aliphatic heterocycles. The Kier molecular flexibility index (Phi) is 6.24. The lowest BCUT2D eigenvalue weighted by Crippen LogP contribution is -2.50. The predicted octanol–water partition coefficient (Wildman–Crippen LogP) is -0.277. The molecular weight excluding hydrogens is 246 g/mol. The summed E-state index contributed by atoms with van der Waals surface area (Å²) in [6, 6.07) is 0.00364. The molecule has 0 bridgehead atoms. The summed E-state index contributed by atoms with van der Waals surface area (Å²) in [7, 11) is 1.50. The van der Waals surface area contributed by atoms with Gasteiger partial charge in [0.25, 0.3) is 0 Å². The molecule has 1 heterocycles. The maximum absolute atomic E-state index is 12.1. The van der Waals surface area contributed by atoms with Crippen LogP contribution in [0, 0.1) is 5.92 Å². The van der Waals surface area contributed by atoms with Gasteiger partial charge in [0.05, 0.1) is 5.92 Å². The molecule has 2 unspecified atom stereocenters. The summed E-state index contributed by atoms with van der Waals surface area (Å²) in [6.07, 6.45) is 1.57. The number of ether oxygens (including phenoxy) is 1. The first-order valence-electron chi connectivity index (χ1n) is 6.78. The molecule has 1 rings (SSSR count). The second-order valence-electron chi connectivity index (χ2n) is 5.25. The van der Waals surface area contributed by atoms with E-state index >= 15 is 0 Å². The van der Waals surface area contributed by atoms with Crippen LogP contribution in [0.1, 0.15) is 26.7 Å². The van der Waals surface area contributed by atoms with E-state index in [1.807, 2.05) is 18.7 Å². The highest BCUT2D eigenvalue weighted by Gasteiger charge is 2.27. The number of hydrogen-bond donors (Lipinski definition) is 2. The zero-order valence-corrected chi connectivity index (χ0v) is 12.0. The minimum Gasteiger partial charge on any atom is -0.375 e. The number of likely N-dealkylation sites (tertiary alicyclic amines) is 1. The summed E-state index contributed by atoms with van der Waals surface area (Å²) in [4.78, 5) is 25.3. The van der Waals surface area contributed by atoms with E-state index in [2.05, 4.69) is 5.32 Å². The van der Waals surface area contributed by atoms with Gasteiger partial charge >= 0.3 is 0 Å². The quantitative estimate of drug-likeness (QED) is 0.720. The molecule has 0 aliphatic carbocycles. The van der Waals surface area contributed by atoms with Gasteiger partial charge in [-0.2, -0.15) is 0 Å². The third-order valence-electron chi connectivity index (χ3n) is 3.63. The van der Waals surface area contributed by atoms with Crippen molar-refractivity contribution in [3.63, 3.8) is 0 Å². The first-order chi connectivity index (χ1) is 8.95. The molecule has 0 aromatic carbocycles. The van der Waals surface area contributed by atoms with Crippen molar-refractivity contribution < 1.29 is 14.3 Å². The van der Waals surface area contributed by atoms with Gasteiger partial charge in [0.15, 0.2) is 0 Å². The third-order valence-corrected chi connectivity index (χ3v) is 3.63. The largest absolute Gasteiger partial charge is 0.375 e. The lowest BCUT2D eigenvalue weighted by molar-refractivity contribution is -0.136. The third kappa shape index (κ3) is 4.80. The second-order valence-corrected chi connectivity index (χ2v) is 5.25. The van der Waals surface area contributed by atoms with E-state index in [9.17, 15) is 9.59 Å². The SMILES string of the molecule is COCC(=O)NC1CCN(C(=O)C(C)C(C)N)CC1. The first kappa shape index (κ1) is 15.9. The smallest absolute Gasteiger partial charge is 0.246 e. The Morgan fingerprint density at radius 2 is 1.95 bits per heavy atom. The molecular formula is C13H25N3O3. The Labute approximate surface area is 114 Å². The monoisotopic (exact) mass is 271 g/mol. The Morgan fingerprint density at radius 1 is 1.37 bits per heavy atom. The fourth-order valence-corrected chi connectivity index (χ4v) is 2.16. The summed E-state index contributed by atoms with van der Waals surface area (Å²) in [6.45, 7) is 5.14. The second kappa shape index (κ2) is 7.45. The molecule has 0 spiro atoms. The van der Waals surface area contributed by atoms with Crippen molar-refractivity contribution in [1.29, 1.82) is 0 Å². The molecule has 0 radical (unpaired) electrons. The standard InChI is InChI=1S/C13H25N3O3/c1-9(10(2)14)13(18)16-6-4-11(5-7-16)15-12(17)8-19-3/h9-11H,4-8,14H2,1-3H3,(H,15,17). The first-order valence-corrected chi connectivity index (χ1v) is 6.78. The van der Waals surface area contributed by atoms with Gasteiger partial charge in [0.2, 0.25) is 11.8 Å². The van der Waals surface area contributed by atoms with Gasteiger partial charge < -0.3 is 20.7 Å². The summed E-state index contributed by atoms with van der Waals surface area (Å²) in [5.74, 6) is -0.146. The van der Waals surface area contributed by atoms with Gasteiger partial charge in [0.1, 0.15) is 6.61 Å². The molecule has 0 aromatic heterocycles. The molecule has 1 aliphatic rings. The maximum Gasteiger partial charge on any atom is 0.246 e. The van der Waals surface area contributed by atoms with Crippen LogP contribution >= 0.6 is 0 Å². The van der Waals surface area contributed by atoms with Crippen molar-refractivity contribution in [3.05, 3.63) is 0 Å². The molecule has 110 valence electrons. The van der Waals surface area contributed by atoms with Crippen LogP contribution in [0.25, 0.3) is 0 Å². The lowest BCUT2D eigenvalue weighted by Gasteiger charge is -2.34. The zero-order chi connectivity index (χ0) is 14.4. The number of amides is 2. The summed E-state index contributed by atoms with van der Waals surface area (Å²) in [5, 5.41) is 2.90. The highest BCUT2D eigenvalue weighted by Crippen LogP contribution is 2.14. The van der Waals surface area contributed by atoms with E-state index in [1.54, 1.807) is 0 Å². The molecule has 2 amide bonds. The summed E-state index contributed by atoms with van der Waals surface area (Å²) in [5.41, 5.74) is 5.75. The van der Waals surface area contributed by atoms with E-state index in [1.165, 1.54) is 7.11 Å². The normalized spacial score (nSPS) is 19.9. The van der Waals surface area contributed by atoms with Crippen LogP contribution in [0.15, 0.2) is 0 Å². The Hall–Kier alpha value is -1.14. The number of nitrogens with two attached hydrogens (primary N) is 1. The highest BCUT2D eigenvalue weighted by molar-refractivity contribution is 5.79. The Balaban J connectivity index is 2.36. The zero-order valence-electron chi connectivity index (χ0n) is 12.0. The van der Waals surface area contributed by atoms with Crippen LogP contribution in [0.2, 0.25) is 0 Å². The molecule has 19 heavy (non-hydrogen) atoms. The van der Waals surface area contributed by atoms with E-state index in [-0.39, 0.29) is 36.4 Å². The fourth-order valence-electron chi connectivity index (χ4n) is 2.16. The number of methoxy groups -OCH3 is 1. The predicted molar refractivity (Wildman–Crippen MR) is 72.4 cm³/mol. The van der Waals surface area contributed by atoms with Crippen LogP contribution in [-0.4, -0.2) is 55.6 Å². The molecule has 1 saturated heterocycles. The summed E-state index contributed by atoms with van der Waals surface area (Å²) < 4.78 is 4.77. The molecule has 1 fully saturated rings. The van der Waals surface area contributed by atoms with E-state index < -0.39 is 0 Å². The summed E-state index contributed by atoms with van der Waals surface area (Å²) >= 11 is 0. The van der Waals surface area contributed by atoms with E-state index in [0.717, 1.165) is 12.8 Å². The van der Waals surface area contributed by atoms with Crippen LogP contribution in [0.4, 0.5) is 0 Å². The van der Waals surface area contributed by atoms with Crippen molar-refractivity contribution in [2.24, 2.45) is 11.7 Å². The molecule has 2 atom stereocenters. The number of carbonyl (C=O) groups is 2.